The fourth-order valence-electron chi connectivity index (χ4n) is 3.74. The van der Waals surface area contributed by atoms with Gasteiger partial charge in [0.1, 0.15) is 0 Å². The molecule has 0 bridgehead atoms. The van der Waals surface area contributed by atoms with Crippen molar-refractivity contribution >= 4 is 0 Å². The molecular weight excluding hydrogens is 318 g/mol. The molecule has 2 atom stereocenters. The van der Waals surface area contributed by atoms with Gasteiger partial charge in [0, 0.05) is 11.5 Å². The van der Waals surface area contributed by atoms with Crippen LogP contribution < -0.4 is 0 Å². The van der Waals surface area contributed by atoms with Gasteiger partial charge < -0.3 is 10.0 Å². The highest BCUT2D eigenvalue weighted by molar-refractivity contribution is 5.41. The van der Waals surface area contributed by atoms with Gasteiger partial charge in [0.25, 0.3) is 0 Å². The highest BCUT2D eigenvalue weighted by Crippen LogP contribution is 2.42. The van der Waals surface area contributed by atoms with Crippen molar-refractivity contribution in [3.05, 3.63) is 84.4 Å². The topological polar surface area (TPSA) is 23.5 Å². The van der Waals surface area contributed by atoms with Crippen molar-refractivity contribution in [1.82, 2.24) is 4.90 Å². The third-order valence-corrected chi connectivity index (χ3v) is 5.53. The van der Waals surface area contributed by atoms with E-state index in [4.69, 9.17) is 0 Å². The molecule has 26 heavy (non-hydrogen) atoms. The monoisotopic (exact) mass is 351 g/mol. The highest BCUT2D eigenvalue weighted by atomic mass is 16.3. The standard InChI is InChI=1S/C24H33NO/c1-5-6-9-18-23(26)24(19-20(2)25(3)4,21-14-10-7-11-15-21)22-16-12-8-13-17-22/h5,7-8,10-17,20,23,26H,1,6,9,18-19H2,2-4H3. The molecule has 0 fully saturated rings. The Hall–Kier alpha value is -1.90. The average molecular weight is 352 g/mol. The number of rotatable bonds is 10. The molecule has 0 aromatic heterocycles. The number of benzene rings is 2. The molecule has 140 valence electrons. The summed E-state index contributed by atoms with van der Waals surface area (Å²) in [5.74, 6) is 0. The SMILES string of the molecule is C=CCCCC(O)C(CC(C)N(C)C)(c1ccccc1)c1ccccc1. The van der Waals surface area contributed by atoms with E-state index in [1.165, 1.54) is 11.1 Å². The summed E-state index contributed by atoms with van der Waals surface area (Å²) in [5, 5.41) is 11.5. The lowest BCUT2D eigenvalue weighted by Gasteiger charge is -2.42. The summed E-state index contributed by atoms with van der Waals surface area (Å²) in [6.07, 6.45) is 4.98. The molecule has 0 radical (unpaired) electrons. The quantitative estimate of drug-likeness (QED) is 0.479. The molecule has 2 rings (SSSR count). The third kappa shape index (κ3) is 4.63. The maximum atomic E-state index is 11.5. The van der Waals surface area contributed by atoms with Gasteiger partial charge in [-0.2, -0.15) is 0 Å². The van der Waals surface area contributed by atoms with Gasteiger partial charge in [-0.05, 0) is 57.8 Å². The summed E-state index contributed by atoms with van der Waals surface area (Å²) in [6, 6.07) is 21.3. The van der Waals surface area contributed by atoms with Crippen LogP contribution in [0.5, 0.6) is 0 Å². The molecule has 0 heterocycles. The minimum Gasteiger partial charge on any atom is -0.392 e. The molecule has 0 amide bonds. The van der Waals surface area contributed by atoms with Crippen LogP contribution >= 0.6 is 0 Å². The second-order valence-electron chi connectivity index (χ2n) is 7.46. The summed E-state index contributed by atoms with van der Waals surface area (Å²) in [4.78, 5) is 2.23. The Bertz CT molecular complexity index is 611. The van der Waals surface area contributed by atoms with Crippen molar-refractivity contribution in [2.75, 3.05) is 14.1 Å². The van der Waals surface area contributed by atoms with Gasteiger partial charge in [-0.25, -0.2) is 0 Å². The summed E-state index contributed by atoms with van der Waals surface area (Å²) in [5.41, 5.74) is 1.95. The lowest BCUT2D eigenvalue weighted by Crippen LogP contribution is -2.45. The smallest absolute Gasteiger partial charge is 0.0678 e. The van der Waals surface area contributed by atoms with E-state index in [1.807, 2.05) is 18.2 Å². The van der Waals surface area contributed by atoms with Crippen molar-refractivity contribution in [2.24, 2.45) is 0 Å². The molecule has 0 saturated carbocycles. The molecule has 0 aliphatic heterocycles. The van der Waals surface area contributed by atoms with Crippen LogP contribution in [0.25, 0.3) is 0 Å². The lowest BCUT2D eigenvalue weighted by atomic mass is 9.65. The van der Waals surface area contributed by atoms with Crippen molar-refractivity contribution in [2.45, 2.75) is 50.2 Å². The second-order valence-corrected chi connectivity index (χ2v) is 7.46. The zero-order valence-corrected chi connectivity index (χ0v) is 16.4. The van der Waals surface area contributed by atoms with E-state index in [0.717, 1.165) is 25.7 Å². The highest BCUT2D eigenvalue weighted by Gasteiger charge is 2.42. The van der Waals surface area contributed by atoms with Crippen LogP contribution in [0.15, 0.2) is 73.3 Å². The van der Waals surface area contributed by atoms with Crippen LogP contribution in [0.4, 0.5) is 0 Å². The predicted molar refractivity (Wildman–Crippen MR) is 111 cm³/mol. The number of hydrogen-bond donors (Lipinski definition) is 1. The lowest BCUT2D eigenvalue weighted by molar-refractivity contribution is 0.0717. The first-order valence-corrected chi connectivity index (χ1v) is 9.58. The van der Waals surface area contributed by atoms with Gasteiger partial charge >= 0.3 is 0 Å². The number of nitrogens with zero attached hydrogens (tertiary/aromatic N) is 1. The van der Waals surface area contributed by atoms with Crippen LogP contribution in [0.2, 0.25) is 0 Å². The Morgan fingerprint density at radius 3 is 1.92 bits per heavy atom. The number of unbranched alkanes of at least 4 members (excludes halogenated alkanes) is 1. The van der Waals surface area contributed by atoms with E-state index >= 15 is 0 Å². The fourth-order valence-corrected chi connectivity index (χ4v) is 3.74. The molecular formula is C24H33NO. The predicted octanol–water partition coefficient (Wildman–Crippen LogP) is 5.03. The third-order valence-electron chi connectivity index (χ3n) is 5.53. The van der Waals surface area contributed by atoms with Crippen LogP contribution in [0.1, 0.15) is 43.7 Å². The Morgan fingerprint density at radius 2 is 1.50 bits per heavy atom. The second kappa shape index (κ2) is 9.70. The maximum absolute atomic E-state index is 11.5. The molecule has 0 aliphatic rings. The van der Waals surface area contributed by atoms with Gasteiger partial charge in [-0.3, -0.25) is 0 Å². The number of hydrogen-bond acceptors (Lipinski definition) is 2. The van der Waals surface area contributed by atoms with Gasteiger partial charge in [-0.15, -0.1) is 6.58 Å². The molecule has 2 nitrogen and oxygen atoms in total. The van der Waals surface area contributed by atoms with Gasteiger partial charge in [0.15, 0.2) is 0 Å². The number of allylic oxidation sites excluding steroid dienone is 1. The van der Waals surface area contributed by atoms with Crippen LogP contribution in [-0.4, -0.2) is 36.2 Å². The zero-order chi connectivity index (χ0) is 19.0. The Balaban J connectivity index is 2.56. The molecule has 2 heteroatoms. The first-order chi connectivity index (χ1) is 12.5. The molecule has 1 N–H and O–H groups in total. The van der Waals surface area contributed by atoms with Crippen molar-refractivity contribution in [1.29, 1.82) is 0 Å². The average Bonchev–Trinajstić information content (AvgIpc) is 2.67. The minimum absolute atomic E-state index is 0.337. The summed E-state index contributed by atoms with van der Waals surface area (Å²) >= 11 is 0. The Labute approximate surface area is 159 Å². The maximum Gasteiger partial charge on any atom is 0.0678 e. The molecule has 0 aliphatic carbocycles. The minimum atomic E-state index is -0.449. The van der Waals surface area contributed by atoms with Crippen molar-refractivity contribution in [3.8, 4) is 0 Å². The van der Waals surface area contributed by atoms with E-state index in [9.17, 15) is 5.11 Å². The molecule has 0 spiro atoms. The van der Waals surface area contributed by atoms with E-state index in [0.29, 0.717) is 6.04 Å². The van der Waals surface area contributed by atoms with E-state index < -0.39 is 11.5 Å². The van der Waals surface area contributed by atoms with Gasteiger partial charge in [0.2, 0.25) is 0 Å². The molecule has 2 aromatic rings. The Morgan fingerprint density at radius 1 is 1.00 bits per heavy atom. The van der Waals surface area contributed by atoms with E-state index in [1.54, 1.807) is 0 Å². The normalized spacial score (nSPS) is 14.2. The van der Waals surface area contributed by atoms with E-state index in [-0.39, 0.29) is 0 Å². The summed E-state index contributed by atoms with van der Waals surface area (Å²) in [6.45, 7) is 6.05. The number of aliphatic hydroxyl groups excluding tert-OH is 1. The van der Waals surface area contributed by atoms with Crippen LogP contribution in [0, 0.1) is 0 Å². The van der Waals surface area contributed by atoms with E-state index in [2.05, 4.69) is 81.0 Å². The van der Waals surface area contributed by atoms with Crippen molar-refractivity contribution < 1.29 is 5.11 Å². The first kappa shape index (κ1) is 20.4. The molecule has 0 saturated heterocycles. The van der Waals surface area contributed by atoms with Gasteiger partial charge in [0.05, 0.1) is 6.10 Å². The van der Waals surface area contributed by atoms with Crippen LogP contribution in [-0.2, 0) is 5.41 Å². The largest absolute Gasteiger partial charge is 0.392 e. The molecule has 2 unspecified atom stereocenters. The first-order valence-electron chi connectivity index (χ1n) is 9.58. The van der Waals surface area contributed by atoms with Gasteiger partial charge in [-0.1, -0.05) is 66.7 Å². The number of aliphatic hydroxyl groups is 1. The zero-order valence-electron chi connectivity index (χ0n) is 16.4. The van der Waals surface area contributed by atoms with Crippen LogP contribution in [0.3, 0.4) is 0 Å². The van der Waals surface area contributed by atoms with Crippen molar-refractivity contribution in [3.63, 3.8) is 0 Å². The summed E-state index contributed by atoms with van der Waals surface area (Å²) in [7, 11) is 4.21. The summed E-state index contributed by atoms with van der Waals surface area (Å²) < 4.78 is 0. The fraction of sp³-hybridized carbons (Fsp3) is 0.417. The molecule has 2 aromatic carbocycles. The Kier molecular flexibility index (Phi) is 7.62.